The number of benzene rings is 1. The van der Waals surface area contributed by atoms with E-state index in [0.29, 0.717) is 5.02 Å². The maximum Gasteiger partial charge on any atom is 0.0796 e. The molecule has 2 heterocycles. The van der Waals surface area contributed by atoms with Crippen LogP contribution in [0.1, 0.15) is 5.69 Å². The van der Waals surface area contributed by atoms with Gasteiger partial charge in [0.05, 0.1) is 10.7 Å². The van der Waals surface area contributed by atoms with Crippen LogP contribution in [0.25, 0.3) is 22.4 Å². The number of pyridine rings is 2. The summed E-state index contributed by atoms with van der Waals surface area (Å²) in [5.74, 6) is 0. The quantitative estimate of drug-likeness (QED) is 0.674. The van der Waals surface area contributed by atoms with Crippen LogP contribution >= 0.6 is 11.6 Å². The number of hydrogen-bond donors (Lipinski definition) is 0. The summed E-state index contributed by atoms with van der Waals surface area (Å²) in [6.45, 7) is 1.92. The molecule has 0 fully saturated rings. The van der Waals surface area contributed by atoms with Gasteiger partial charge in [-0.25, -0.2) is 0 Å². The lowest BCUT2D eigenvalue weighted by atomic mass is 10.0. The van der Waals surface area contributed by atoms with E-state index in [-0.39, 0.29) is 4.90 Å². The molecule has 0 aliphatic carbocycles. The van der Waals surface area contributed by atoms with Crippen LogP contribution in [-0.2, 0) is 11.1 Å². The van der Waals surface area contributed by atoms with Gasteiger partial charge in [0.15, 0.2) is 0 Å². The molecule has 3 rings (SSSR count). The molecule has 1 unspecified atom stereocenters. The van der Waals surface area contributed by atoms with Gasteiger partial charge in [-0.1, -0.05) is 23.7 Å². The van der Waals surface area contributed by atoms with E-state index >= 15 is 0 Å². The van der Waals surface area contributed by atoms with E-state index in [1.54, 1.807) is 36.7 Å². The predicted octanol–water partition coefficient (Wildman–Crippen LogP) is 4.01. The number of hydrogen-bond acceptors (Lipinski definition) is 4. The standard InChI is InChI=1S/C17H13ClN2O2S/c1-11-2-3-13(9-19-11)17-16(8-14(18)10-20-17)12-4-6-15(7-5-12)23(21)22/h2-10H,1H3,(H,21,22)/p-1. The number of nitrogens with zero attached hydrogens (tertiary/aromatic N) is 2. The van der Waals surface area contributed by atoms with Crippen molar-refractivity contribution in [2.45, 2.75) is 11.8 Å². The summed E-state index contributed by atoms with van der Waals surface area (Å²) in [7, 11) is 0. The van der Waals surface area contributed by atoms with Crippen LogP contribution in [0.3, 0.4) is 0 Å². The molecule has 0 aliphatic heterocycles. The Balaban J connectivity index is 2.12. The maximum atomic E-state index is 11.0. The summed E-state index contributed by atoms with van der Waals surface area (Å²) in [6, 6.07) is 12.3. The summed E-state index contributed by atoms with van der Waals surface area (Å²) in [4.78, 5) is 8.95. The van der Waals surface area contributed by atoms with Crippen molar-refractivity contribution in [2.75, 3.05) is 0 Å². The van der Waals surface area contributed by atoms with Crippen molar-refractivity contribution in [1.82, 2.24) is 9.97 Å². The largest absolute Gasteiger partial charge is 0.768 e. The Labute approximate surface area is 141 Å². The molecule has 0 saturated heterocycles. The van der Waals surface area contributed by atoms with Gasteiger partial charge < -0.3 is 4.55 Å². The predicted molar refractivity (Wildman–Crippen MR) is 89.8 cm³/mol. The zero-order valence-corrected chi connectivity index (χ0v) is 13.8. The topological polar surface area (TPSA) is 65.9 Å². The maximum absolute atomic E-state index is 11.0. The minimum Gasteiger partial charge on any atom is -0.768 e. The average molecular weight is 344 g/mol. The number of halogens is 1. The second-order valence-electron chi connectivity index (χ2n) is 5.00. The first-order valence-corrected chi connectivity index (χ1v) is 8.28. The number of rotatable bonds is 3. The molecule has 116 valence electrons. The van der Waals surface area contributed by atoms with Gasteiger partial charge in [0, 0.05) is 34.1 Å². The van der Waals surface area contributed by atoms with E-state index < -0.39 is 11.1 Å². The van der Waals surface area contributed by atoms with E-state index in [1.165, 1.54) is 0 Å². The Morgan fingerprint density at radius 2 is 1.70 bits per heavy atom. The van der Waals surface area contributed by atoms with Crippen molar-refractivity contribution in [3.8, 4) is 22.4 Å². The minimum atomic E-state index is -2.24. The fourth-order valence-corrected chi connectivity index (χ4v) is 2.76. The molecule has 23 heavy (non-hydrogen) atoms. The van der Waals surface area contributed by atoms with Crippen molar-refractivity contribution >= 4 is 22.7 Å². The first-order valence-electron chi connectivity index (χ1n) is 6.83. The highest BCUT2D eigenvalue weighted by atomic mass is 35.5. The molecule has 6 heteroatoms. The molecule has 0 radical (unpaired) electrons. The molecule has 0 spiro atoms. The van der Waals surface area contributed by atoms with E-state index in [0.717, 1.165) is 28.1 Å². The smallest absolute Gasteiger partial charge is 0.0796 e. The van der Waals surface area contributed by atoms with Crippen molar-refractivity contribution < 1.29 is 8.76 Å². The zero-order valence-electron chi connectivity index (χ0n) is 12.2. The first-order chi connectivity index (χ1) is 11.0. The summed E-state index contributed by atoms with van der Waals surface area (Å²) >= 11 is 3.84. The molecule has 4 nitrogen and oxygen atoms in total. The van der Waals surface area contributed by atoms with E-state index in [1.807, 2.05) is 25.1 Å². The Morgan fingerprint density at radius 3 is 2.30 bits per heavy atom. The molecule has 0 N–H and O–H groups in total. The van der Waals surface area contributed by atoms with Crippen LogP contribution in [0.15, 0.2) is 59.8 Å². The second kappa shape index (κ2) is 6.58. The lowest BCUT2D eigenvalue weighted by molar-refractivity contribution is 0.537. The monoisotopic (exact) mass is 343 g/mol. The summed E-state index contributed by atoms with van der Waals surface area (Å²) in [6.07, 6.45) is 3.34. The average Bonchev–Trinajstić information content (AvgIpc) is 2.56. The Bertz CT molecular complexity index is 865. The van der Waals surface area contributed by atoms with Gasteiger partial charge in [-0.05, 0) is 53.9 Å². The first kappa shape index (κ1) is 15.8. The van der Waals surface area contributed by atoms with Gasteiger partial charge in [-0.3, -0.25) is 14.2 Å². The van der Waals surface area contributed by atoms with Crippen molar-refractivity contribution in [2.24, 2.45) is 0 Å². The molecule has 0 bridgehead atoms. The van der Waals surface area contributed by atoms with Gasteiger partial charge in [0.25, 0.3) is 0 Å². The Hall–Kier alpha value is -2.08. The van der Waals surface area contributed by atoms with E-state index in [4.69, 9.17) is 11.6 Å². The fraction of sp³-hybridized carbons (Fsp3) is 0.0588. The molecule has 2 aromatic heterocycles. The number of aromatic nitrogens is 2. The van der Waals surface area contributed by atoms with Crippen LogP contribution in [-0.4, -0.2) is 18.7 Å². The minimum absolute atomic E-state index is 0.238. The third-order valence-electron chi connectivity index (χ3n) is 3.40. The molecular weight excluding hydrogens is 332 g/mol. The van der Waals surface area contributed by atoms with Crippen LogP contribution in [0, 0.1) is 6.92 Å². The van der Waals surface area contributed by atoms with Crippen LogP contribution in [0.4, 0.5) is 0 Å². The van der Waals surface area contributed by atoms with Crippen LogP contribution in [0.5, 0.6) is 0 Å². The highest BCUT2D eigenvalue weighted by Gasteiger charge is 2.10. The molecule has 3 aromatic rings. The highest BCUT2D eigenvalue weighted by molar-refractivity contribution is 7.79. The molecule has 1 aromatic carbocycles. The van der Waals surface area contributed by atoms with Gasteiger partial charge in [0.2, 0.25) is 0 Å². The third-order valence-corrected chi connectivity index (χ3v) is 4.26. The second-order valence-corrected chi connectivity index (χ2v) is 6.37. The molecule has 0 aliphatic rings. The third kappa shape index (κ3) is 3.47. The van der Waals surface area contributed by atoms with Crippen molar-refractivity contribution in [1.29, 1.82) is 0 Å². The summed E-state index contributed by atoms with van der Waals surface area (Å²) in [5.41, 5.74) is 4.21. The normalized spacial score (nSPS) is 12.1. The SMILES string of the molecule is Cc1ccc(-c2ncc(Cl)cc2-c2ccc(S(=O)[O-])cc2)cn1. The lowest BCUT2D eigenvalue weighted by Crippen LogP contribution is -1.92. The van der Waals surface area contributed by atoms with Gasteiger partial charge in [-0.15, -0.1) is 0 Å². The Morgan fingerprint density at radius 1 is 1.00 bits per heavy atom. The molecule has 1 atom stereocenters. The van der Waals surface area contributed by atoms with Crippen molar-refractivity contribution in [3.63, 3.8) is 0 Å². The van der Waals surface area contributed by atoms with E-state index in [9.17, 15) is 8.76 Å². The van der Waals surface area contributed by atoms with Crippen LogP contribution < -0.4 is 0 Å². The summed E-state index contributed by atoms with van der Waals surface area (Å²) < 4.78 is 22.0. The van der Waals surface area contributed by atoms with Gasteiger partial charge in [0.1, 0.15) is 0 Å². The molecule has 0 amide bonds. The highest BCUT2D eigenvalue weighted by Crippen LogP contribution is 2.32. The van der Waals surface area contributed by atoms with Crippen molar-refractivity contribution in [3.05, 3.63) is 65.6 Å². The van der Waals surface area contributed by atoms with Gasteiger partial charge >= 0.3 is 0 Å². The fourth-order valence-electron chi connectivity index (χ4n) is 2.24. The van der Waals surface area contributed by atoms with Gasteiger partial charge in [-0.2, -0.15) is 0 Å². The van der Waals surface area contributed by atoms with E-state index in [2.05, 4.69) is 9.97 Å². The lowest BCUT2D eigenvalue weighted by Gasteiger charge is -2.11. The Kier molecular flexibility index (Phi) is 4.52. The molecule has 0 saturated carbocycles. The zero-order chi connectivity index (χ0) is 16.4. The van der Waals surface area contributed by atoms with Crippen LogP contribution in [0.2, 0.25) is 5.02 Å². The summed E-state index contributed by atoms with van der Waals surface area (Å²) in [5, 5.41) is 0.514. The molecular formula is C17H12ClN2O2S-. The number of aryl methyl sites for hydroxylation is 1.